The third-order valence-electron chi connectivity index (χ3n) is 3.42. The molecule has 0 spiro atoms. The van der Waals surface area contributed by atoms with E-state index in [-0.39, 0.29) is 13.1 Å². The summed E-state index contributed by atoms with van der Waals surface area (Å²) in [5.74, 6) is 0.115. The molecule has 0 amide bonds. The number of aryl methyl sites for hydroxylation is 1. The van der Waals surface area contributed by atoms with Gasteiger partial charge >= 0.3 is 5.97 Å². The van der Waals surface area contributed by atoms with Crippen LogP contribution < -0.4 is 4.74 Å². The van der Waals surface area contributed by atoms with Gasteiger partial charge in [0.05, 0.1) is 7.11 Å². The van der Waals surface area contributed by atoms with Gasteiger partial charge in [0.2, 0.25) is 6.10 Å². The molecule has 0 aliphatic rings. The number of carbonyl (C=O) groups excluding carboxylic acids is 2. The molecule has 23 heavy (non-hydrogen) atoms. The molecule has 1 unspecified atom stereocenters. The highest BCUT2D eigenvalue weighted by Gasteiger charge is 2.25. The largest absolute Gasteiger partial charge is 0.497 e. The van der Waals surface area contributed by atoms with Crippen LogP contribution in [0, 0.1) is 6.92 Å². The van der Waals surface area contributed by atoms with E-state index < -0.39 is 12.1 Å². The van der Waals surface area contributed by atoms with Crippen molar-refractivity contribution in [2.75, 3.05) is 7.11 Å². The van der Waals surface area contributed by atoms with Crippen molar-refractivity contribution in [2.45, 2.75) is 19.6 Å². The first kappa shape index (κ1) is 16.5. The van der Waals surface area contributed by atoms with Crippen LogP contribution in [-0.4, -0.2) is 19.6 Å². The summed E-state index contributed by atoms with van der Waals surface area (Å²) >= 11 is 0. The maximum Gasteiger partial charge on any atom is 0.352 e. The number of carbonyl (C=O) groups is 2. The summed E-state index contributed by atoms with van der Waals surface area (Å²) in [7, 11) is 1.58. The Bertz CT molecular complexity index is 663. The Kier molecular flexibility index (Phi) is 5.74. The number of hydrogen-bond acceptors (Lipinski definition) is 5. The van der Waals surface area contributed by atoms with Crippen LogP contribution in [0.5, 0.6) is 5.75 Å². The van der Waals surface area contributed by atoms with E-state index in [2.05, 4.69) is 0 Å². The zero-order chi connectivity index (χ0) is 16.7. The molecule has 2 aromatic rings. The van der Waals surface area contributed by atoms with Gasteiger partial charge in [0.25, 0.3) is 6.47 Å². The summed E-state index contributed by atoms with van der Waals surface area (Å²) in [6.45, 7) is 2.19. The van der Waals surface area contributed by atoms with Gasteiger partial charge in [-0.1, -0.05) is 36.4 Å². The Hall–Kier alpha value is -2.82. The summed E-state index contributed by atoms with van der Waals surface area (Å²) in [6, 6.07) is 14.4. The second-order valence-corrected chi connectivity index (χ2v) is 4.92. The molecule has 5 nitrogen and oxygen atoms in total. The molecule has 0 aliphatic carbocycles. The van der Waals surface area contributed by atoms with E-state index in [1.165, 1.54) is 0 Å². The number of ether oxygens (including phenoxy) is 3. The number of rotatable bonds is 7. The van der Waals surface area contributed by atoms with Crippen molar-refractivity contribution in [1.29, 1.82) is 0 Å². The van der Waals surface area contributed by atoms with E-state index in [1.807, 2.05) is 19.1 Å². The van der Waals surface area contributed by atoms with Gasteiger partial charge in [-0.15, -0.1) is 0 Å². The van der Waals surface area contributed by atoms with Crippen LogP contribution in [0.3, 0.4) is 0 Å². The topological polar surface area (TPSA) is 61.8 Å². The van der Waals surface area contributed by atoms with Crippen LogP contribution in [0.1, 0.15) is 22.8 Å². The van der Waals surface area contributed by atoms with Crippen molar-refractivity contribution in [3.8, 4) is 5.75 Å². The number of methoxy groups -OCH3 is 1. The maximum atomic E-state index is 12.3. The van der Waals surface area contributed by atoms with Crippen molar-refractivity contribution >= 4 is 12.4 Å². The average Bonchev–Trinajstić information content (AvgIpc) is 2.59. The van der Waals surface area contributed by atoms with E-state index in [1.54, 1.807) is 43.5 Å². The molecule has 0 heterocycles. The third kappa shape index (κ3) is 4.32. The SMILES string of the molecule is COc1ccc(COC(=O)C(OC=O)c2ccccc2C)cc1. The van der Waals surface area contributed by atoms with Gasteiger partial charge in [-0.3, -0.25) is 4.79 Å². The van der Waals surface area contributed by atoms with Crippen molar-refractivity contribution in [3.05, 3.63) is 65.2 Å². The van der Waals surface area contributed by atoms with Gasteiger partial charge < -0.3 is 14.2 Å². The monoisotopic (exact) mass is 314 g/mol. The van der Waals surface area contributed by atoms with Gasteiger partial charge in [0.15, 0.2) is 0 Å². The predicted molar refractivity (Wildman–Crippen MR) is 83.9 cm³/mol. The average molecular weight is 314 g/mol. The Balaban J connectivity index is 2.06. The van der Waals surface area contributed by atoms with E-state index >= 15 is 0 Å². The van der Waals surface area contributed by atoms with Crippen LogP contribution in [0.15, 0.2) is 48.5 Å². The maximum absolute atomic E-state index is 12.3. The Morgan fingerprint density at radius 2 is 1.83 bits per heavy atom. The molecule has 0 saturated heterocycles. The van der Waals surface area contributed by atoms with Gasteiger partial charge in [-0.25, -0.2) is 4.79 Å². The highest BCUT2D eigenvalue weighted by molar-refractivity contribution is 5.78. The lowest BCUT2D eigenvalue weighted by atomic mass is 10.0. The smallest absolute Gasteiger partial charge is 0.352 e. The van der Waals surface area contributed by atoms with E-state index in [0.29, 0.717) is 5.56 Å². The fraction of sp³-hybridized carbons (Fsp3) is 0.222. The van der Waals surface area contributed by atoms with E-state index in [0.717, 1.165) is 16.9 Å². The first-order valence-corrected chi connectivity index (χ1v) is 7.10. The predicted octanol–water partition coefficient (Wildman–Crippen LogP) is 2.96. The number of esters is 1. The van der Waals surface area contributed by atoms with Crippen LogP contribution in [0.2, 0.25) is 0 Å². The normalized spacial score (nSPS) is 11.4. The third-order valence-corrected chi connectivity index (χ3v) is 3.42. The van der Waals surface area contributed by atoms with Gasteiger partial charge in [0, 0.05) is 5.56 Å². The molecule has 0 bridgehead atoms. The molecular weight excluding hydrogens is 296 g/mol. The molecule has 0 fully saturated rings. The second kappa shape index (κ2) is 7.98. The lowest BCUT2D eigenvalue weighted by Crippen LogP contribution is -2.19. The summed E-state index contributed by atoms with van der Waals surface area (Å²) in [5, 5.41) is 0. The molecule has 120 valence electrons. The van der Waals surface area contributed by atoms with E-state index in [9.17, 15) is 9.59 Å². The minimum atomic E-state index is -1.06. The minimum absolute atomic E-state index is 0.0907. The first-order chi connectivity index (χ1) is 11.2. The Morgan fingerprint density at radius 3 is 2.43 bits per heavy atom. The molecular formula is C18H18O5. The molecule has 0 aliphatic heterocycles. The summed E-state index contributed by atoms with van der Waals surface area (Å²) < 4.78 is 15.3. The van der Waals surface area contributed by atoms with Crippen molar-refractivity contribution in [3.63, 3.8) is 0 Å². The first-order valence-electron chi connectivity index (χ1n) is 7.10. The summed E-state index contributed by atoms with van der Waals surface area (Å²) in [4.78, 5) is 23.0. The van der Waals surface area contributed by atoms with Crippen LogP contribution in [0.25, 0.3) is 0 Å². The fourth-order valence-corrected chi connectivity index (χ4v) is 2.14. The summed E-state index contributed by atoms with van der Waals surface area (Å²) in [5.41, 5.74) is 2.27. The lowest BCUT2D eigenvalue weighted by Gasteiger charge is -2.16. The lowest BCUT2D eigenvalue weighted by molar-refractivity contribution is -0.163. The van der Waals surface area contributed by atoms with Crippen LogP contribution >= 0.6 is 0 Å². The Morgan fingerprint density at radius 1 is 1.13 bits per heavy atom. The molecule has 1 atom stereocenters. The van der Waals surface area contributed by atoms with Gasteiger partial charge in [-0.2, -0.15) is 0 Å². The highest BCUT2D eigenvalue weighted by atomic mass is 16.6. The zero-order valence-electron chi connectivity index (χ0n) is 13.0. The molecule has 5 heteroatoms. The molecule has 2 aromatic carbocycles. The number of hydrogen-bond donors (Lipinski definition) is 0. The van der Waals surface area contributed by atoms with Gasteiger partial charge in [-0.05, 0) is 30.2 Å². The second-order valence-electron chi connectivity index (χ2n) is 4.92. The Labute approximate surface area is 134 Å². The van der Waals surface area contributed by atoms with Crippen molar-refractivity contribution < 1.29 is 23.8 Å². The highest BCUT2D eigenvalue weighted by Crippen LogP contribution is 2.22. The van der Waals surface area contributed by atoms with Crippen molar-refractivity contribution in [1.82, 2.24) is 0 Å². The van der Waals surface area contributed by atoms with Crippen LogP contribution in [-0.2, 0) is 25.7 Å². The van der Waals surface area contributed by atoms with Crippen LogP contribution in [0.4, 0.5) is 0 Å². The quantitative estimate of drug-likeness (QED) is 0.581. The number of benzene rings is 2. The molecule has 0 aromatic heterocycles. The van der Waals surface area contributed by atoms with Gasteiger partial charge in [0.1, 0.15) is 12.4 Å². The molecule has 2 rings (SSSR count). The van der Waals surface area contributed by atoms with E-state index in [4.69, 9.17) is 14.2 Å². The fourth-order valence-electron chi connectivity index (χ4n) is 2.14. The standard InChI is InChI=1S/C18H18O5/c1-13-5-3-4-6-16(13)17(23-12-19)18(20)22-11-14-7-9-15(21-2)10-8-14/h3-10,12,17H,11H2,1-2H3. The minimum Gasteiger partial charge on any atom is -0.497 e. The molecule has 0 radical (unpaired) electrons. The van der Waals surface area contributed by atoms with Crippen molar-refractivity contribution in [2.24, 2.45) is 0 Å². The molecule has 0 N–H and O–H groups in total. The zero-order valence-corrected chi connectivity index (χ0v) is 13.0. The summed E-state index contributed by atoms with van der Waals surface area (Å²) in [6.07, 6.45) is -1.06. The molecule has 0 saturated carbocycles.